The van der Waals surface area contributed by atoms with Gasteiger partial charge in [-0.1, -0.05) is 0 Å². The molecule has 0 rings (SSSR count). The molecule has 0 aliphatic heterocycles. The Kier molecular flexibility index (Phi) is 2.40. The summed E-state index contributed by atoms with van der Waals surface area (Å²) in [7, 11) is 0. The second-order valence-corrected chi connectivity index (χ2v) is 2.05. The first-order valence-corrected chi connectivity index (χ1v) is 3.29. The number of carbonyl (C=O) groups is 2. The molecule has 0 heterocycles. The van der Waals surface area contributed by atoms with E-state index in [0.717, 1.165) is 0 Å². The van der Waals surface area contributed by atoms with Crippen molar-refractivity contribution in [3.8, 4) is 0 Å². The van der Waals surface area contributed by atoms with Crippen molar-refractivity contribution in [3.63, 3.8) is 0 Å². The summed E-state index contributed by atoms with van der Waals surface area (Å²) in [5.41, 5.74) is 0. The number of esters is 1. The van der Waals surface area contributed by atoms with E-state index in [1.807, 2.05) is 0 Å². The number of hydrogen-bond donors (Lipinski definition) is 0. The zero-order valence-electron chi connectivity index (χ0n) is 9.64. The van der Waals surface area contributed by atoms with Crippen LogP contribution in [0.15, 0.2) is 0 Å². The highest BCUT2D eigenvalue weighted by atomic mass is 19.4. The van der Waals surface area contributed by atoms with Gasteiger partial charge in [0, 0.05) is 4.11 Å². The zero-order valence-corrected chi connectivity index (χ0v) is 6.64. The summed E-state index contributed by atoms with van der Waals surface area (Å²) in [6.07, 6.45) is -5.38. The Morgan fingerprint density at radius 2 is 2.08 bits per heavy atom. The Labute approximate surface area is 77.1 Å². The number of halogens is 3. The molecular weight excluding hydrogens is 189 g/mol. The molecule has 0 bridgehead atoms. The fourth-order valence-corrected chi connectivity index (χ4v) is 0.496. The minimum absolute atomic E-state index is 0.309. The Hall–Kier alpha value is -1.07. The van der Waals surface area contributed by atoms with E-state index in [1.165, 1.54) is 6.92 Å². The monoisotopic (exact) mass is 201 g/mol. The molecule has 0 N–H and O–H groups in total. The molecule has 0 aliphatic carbocycles. The molecule has 0 amide bonds. The van der Waals surface area contributed by atoms with Crippen LogP contribution in [0.25, 0.3) is 0 Å². The third-order valence-electron chi connectivity index (χ3n) is 1.06. The van der Waals surface area contributed by atoms with Gasteiger partial charge in [-0.2, -0.15) is 13.2 Å². The molecule has 76 valence electrons. The molecule has 0 aromatic carbocycles. The van der Waals surface area contributed by atoms with Gasteiger partial charge in [-0.3, -0.25) is 9.59 Å². The fraction of sp³-hybridized carbons (Fsp3) is 0.714. The molecule has 6 heteroatoms. The number of ether oxygens (including phenoxy) is 1. The molecule has 1 atom stereocenters. The highest BCUT2D eigenvalue weighted by Crippen LogP contribution is 2.21. The summed E-state index contributed by atoms with van der Waals surface area (Å²) in [5, 5.41) is 0. The first-order chi connectivity index (χ1) is 7.01. The van der Waals surface area contributed by atoms with Crippen LogP contribution in [0, 0.1) is 5.92 Å². The molecule has 0 aromatic heterocycles. The van der Waals surface area contributed by atoms with Gasteiger partial charge in [-0.15, -0.1) is 0 Å². The lowest BCUT2D eigenvalue weighted by atomic mass is 10.1. The van der Waals surface area contributed by atoms with Gasteiger partial charge >= 0.3 is 12.1 Å². The largest absolute Gasteiger partial charge is 0.465 e. The van der Waals surface area contributed by atoms with Crippen molar-refractivity contribution in [2.24, 2.45) is 5.92 Å². The fourth-order valence-electron chi connectivity index (χ4n) is 0.496. The average molecular weight is 201 g/mol. The van der Waals surface area contributed by atoms with Crippen LogP contribution in [0.1, 0.15) is 17.9 Å². The summed E-state index contributed by atoms with van der Waals surface area (Å²) in [6.45, 7) is -2.40. The van der Waals surface area contributed by atoms with Crippen molar-refractivity contribution in [2.45, 2.75) is 20.0 Å². The summed E-state index contributed by atoms with van der Waals surface area (Å²) in [6, 6.07) is 0. The standard InChI is InChI=1S/C7H9F3O3/c1-3-13-6(12)4(2)5(11)7(8,9)10/h4H,3H2,1-2H3/i2D3. The maximum atomic E-state index is 12.0. The number of Topliss-reactive ketones (excluding diaryl/α,β-unsaturated/α-hetero) is 1. The van der Waals surface area contributed by atoms with Crippen LogP contribution in [0.4, 0.5) is 13.2 Å². The molecular formula is C7H9F3O3. The maximum Gasteiger partial charge on any atom is 0.450 e. The Morgan fingerprint density at radius 1 is 1.54 bits per heavy atom. The van der Waals surface area contributed by atoms with Gasteiger partial charge in [0.05, 0.1) is 6.61 Å². The second-order valence-electron chi connectivity index (χ2n) is 2.05. The SMILES string of the molecule is [2H]C([2H])([2H])C(C(=O)OCC)C(=O)C(F)(F)F. The lowest BCUT2D eigenvalue weighted by Gasteiger charge is -2.10. The molecule has 0 spiro atoms. The number of alkyl halides is 3. The van der Waals surface area contributed by atoms with Crippen molar-refractivity contribution in [2.75, 3.05) is 6.61 Å². The highest BCUT2D eigenvalue weighted by Gasteiger charge is 2.44. The van der Waals surface area contributed by atoms with Crippen LogP contribution in [0.3, 0.4) is 0 Å². The van der Waals surface area contributed by atoms with Crippen LogP contribution in [-0.4, -0.2) is 24.5 Å². The van der Waals surface area contributed by atoms with E-state index in [1.54, 1.807) is 0 Å². The van der Waals surface area contributed by atoms with Crippen molar-refractivity contribution in [3.05, 3.63) is 0 Å². The molecule has 0 saturated carbocycles. The van der Waals surface area contributed by atoms with Gasteiger partial charge in [-0.05, 0) is 13.8 Å². The first-order valence-electron chi connectivity index (χ1n) is 4.79. The maximum absolute atomic E-state index is 12.0. The van der Waals surface area contributed by atoms with E-state index < -0.39 is 30.7 Å². The predicted molar refractivity (Wildman–Crippen MR) is 36.9 cm³/mol. The molecule has 0 aromatic rings. The lowest BCUT2D eigenvalue weighted by molar-refractivity contribution is -0.180. The van der Waals surface area contributed by atoms with E-state index in [-0.39, 0.29) is 6.61 Å². The summed E-state index contributed by atoms with van der Waals surface area (Å²) >= 11 is 0. The summed E-state index contributed by atoms with van der Waals surface area (Å²) in [4.78, 5) is 21.7. The average Bonchev–Trinajstić information content (AvgIpc) is 1.99. The normalized spacial score (nSPS) is 18.0. The number of ketones is 1. The van der Waals surface area contributed by atoms with Gasteiger partial charge in [0.2, 0.25) is 5.78 Å². The molecule has 1 unspecified atom stereocenters. The number of hydrogen-bond acceptors (Lipinski definition) is 3. The smallest absolute Gasteiger partial charge is 0.450 e. The predicted octanol–water partition coefficient (Wildman–Crippen LogP) is 1.32. The van der Waals surface area contributed by atoms with Crippen molar-refractivity contribution in [1.82, 2.24) is 0 Å². The lowest BCUT2D eigenvalue weighted by Crippen LogP contribution is -2.34. The van der Waals surface area contributed by atoms with Crippen LogP contribution in [0.5, 0.6) is 0 Å². The van der Waals surface area contributed by atoms with Gasteiger partial charge in [0.25, 0.3) is 0 Å². The van der Waals surface area contributed by atoms with E-state index in [0.29, 0.717) is 0 Å². The van der Waals surface area contributed by atoms with Crippen molar-refractivity contribution < 1.29 is 31.6 Å². The third-order valence-corrected chi connectivity index (χ3v) is 1.06. The molecule has 13 heavy (non-hydrogen) atoms. The summed E-state index contributed by atoms with van der Waals surface area (Å²) in [5.74, 6) is -7.12. The van der Waals surface area contributed by atoms with Gasteiger partial charge in [-0.25, -0.2) is 0 Å². The first kappa shape index (κ1) is 7.34. The van der Waals surface area contributed by atoms with E-state index >= 15 is 0 Å². The highest BCUT2D eigenvalue weighted by molar-refractivity contribution is 6.01. The Balaban J connectivity index is 5.13. The van der Waals surface area contributed by atoms with Gasteiger partial charge in [0.15, 0.2) is 0 Å². The third kappa shape index (κ3) is 3.43. The topological polar surface area (TPSA) is 43.4 Å². The molecule has 0 aliphatic rings. The van der Waals surface area contributed by atoms with E-state index in [2.05, 4.69) is 4.74 Å². The van der Waals surface area contributed by atoms with Gasteiger partial charge in [0.1, 0.15) is 5.92 Å². The van der Waals surface area contributed by atoms with Crippen molar-refractivity contribution >= 4 is 11.8 Å². The Bertz CT molecular complexity index is 285. The molecule has 0 radical (unpaired) electrons. The molecule has 0 saturated heterocycles. The van der Waals surface area contributed by atoms with Crippen LogP contribution >= 0.6 is 0 Å². The zero-order chi connectivity index (χ0) is 13.1. The van der Waals surface area contributed by atoms with Crippen LogP contribution in [-0.2, 0) is 14.3 Å². The number of carbonyl (C=O) groups excluding carboxylic acids is 2. The van der Waals surface area contributed by atoms with Crippen LogP contribution in [0.2, 0.25) is 0 Å². The quantitative estimate of drug-likeness (QED) is 0.510. The minimum Gasteiger partial charge on any atom is -0.465 e. The van der Waals surface area contributed by atoms with Gasteiger partial charge < -0.3 is 4.74 Å². The van der Waals surface area contributed by atoms with Crippen LogP contribution < -0.4 is 0 Å². The second kappa shape index (κ2) is 4.25. The minimum atomic E-state index is -5.38. The Morgan fingerprint density at radius 3 is 2.38 bits per heavy atom. The van der Waals surface area contributed by atoms with E-state index in [9.17, 15) is 22.8 Å². The number of rotatable bonds is 3. The summed E-state index contributed by atoms with van der Waals surface area (Å²) < 4.78 is 60.4. The molecule has 3 nitrogen and oxygen atoms in total. The molecule has 0 fully saturated rings. The van der Waals surface area contributed by atoms with E-state index in [4.69, 9.17) is 4.11 Å². The van der Waals surface area contributed by atoms with Crippen molar-refractivity contribution in [1.29, 1.82) is 0 Å².